The van der Waals surface area contributed by atoms with Crippen LogP contribution in [-0.4, -0.2) is 28.0 Å². The van der Waals surface area contributed by atoms with Gasteiger partial charge in [-0.25, -0.2) is 0 Å². The molecule has 2 heterocycles. The highest BCUT2D eigenvalue weighted by atomic mass is 19.4. The van der Waals surface area contributed by atoms with Crippen LogP contribution in [-0.2, 0) is 19.3 Å². The summed E-state index contributed by atoms with van der Waals surface area (Å²) in [5.41, 5.74) is 1.61. The highest BCUT2D eigenvalue weighted by molar-refractivity contribution is 5.44. The maximum absolute atomic E-state index is 13.1. The molecule has 1 aliphatic rings. The average molecular weight is 445 g/mol. The second kappa shape index (κ2) is 8.66. The van der Waals surface area contributed by atoms with Gasteiger partial charge in [0.05, 0.1) is 23.6 Å². The van der Waals surface area contributed by atoms with Gasteiger partial charge in [-0.1, -0.05) is 12.1 Å². The SMILES string of the molecule is COc1ccc([N+](=O)[O-])cc1CN1CCCn2cccc2[C@@H]1c1ccc(C(F)(F)F)cc1. The van der Waals surface area contributed by atoms with Crippen molar-refractivity contribution in [3.63, 3.8) is 0 Å². The van der Waals surface area contributed by atoms with Gasteiger partial charge in [0, 0.05) is 49.2 Å². The molecule has 0 saturated heterocycles. The Morgan fingerprint density at radius 1 is 1.12 bits per heavy atom. The Kier molecular flexibility index (Phi) is 5.92. The lowest BCUT2D eigenvalue weighted by Crippen LogP contribution is -2.29. The predicted octanol–water partition coefficient (Wildman–Crippen LogP) is 5.42. The van der Waals surface area contributed by atoms with Crippen LogP contribution in [0.15, 0.2) is 60.8 Å². The molecule has 0 aliphatic carbocycles. The number of benzene rings is 2. The van der Waals surface area contributed by atoms with Gasteiger partial charge < -0.3 is 9.30 Å². The van der Waals surface area contributed by atoms with Gasteiger partial charge in [-0.2, -0.15) is 13.2 Å². The highest BCUT2D eigenvalue weighted by Gasteiger charge is 2.32. The molecule has 1 aromatic heterocycles. The van der Waals surface area contributed by atoms with Crippen LogP contribution in [0.5, 0.6) is 5.75 Å². The number of non-ortho nitro benzene ring substituents is 1. The lowest BCUT2D eigenvalue weighted by molar-refractivity contribution is -0.385. The molecule has 1 aliphatic heterocycles. The Hall–Kier alpha value is -3.33. The van der Waals surface area contributed by atoms with Crippen molar-refractivity contribution in [2.24, 2.45) is 0 Å². The second-order valence-electron chi connectivity index (χ2n) is 7.73. The average Bonchev–Trinajstić information content (AvgIpc) is 3.14. The normalized spacial score (nSPS) is 16.9. The summed E-state index contributed by atoms with van der Waals surface area (Å²) in [5, 5.41) is 11.3. The van der Waals surface area contributed by atoms with E-state index in [1.807, 2.05) is 18.3 Å². The van der Waals surface area contributed by atoms with E-state index in [2.05, 4.69) is 9.47 Å². The topological polar surface area (TPSA) is 60.5 Å². The zero-order valence-corrected chi connectivity index (χ0v) is 17.4. The van der Waals surface area contributed by atoms with Gasteiger partial charge in [0.25, 0.3) is 5.69 Å². The number of aryl methyl sites for hydroxylation is 1. The van der Waals surface area contributed by atoms with Crippen LogP contribution in [0.25, 0.3) is 0 Å². The number of aromatic nitrogens is 1. The van der Waals surface area contributed by atoms with E-state index >= 15 is 0 Å². The molecule has 9 heteroatoms. The van der Waals surface area contributed by atoms with Crippen LogP contribution in [0.4, 0.5) is 18.9 Å². The minimum atomic E-state index is -4.40. The molecule has 3 aromatic rings. The summed E-state index contributed by atoms with van der Waals surface area (Å²) < 4.78 is 46.8. The van der Waals surface area contributed by atoms with Crippen molar-refractivity contribution in [3.8, 4) is 5.75 Å². The third-order valence-electron chi connectivity index (χ3n) is 5.76. The second-order valence-corrected chi connectivity index (χ2v) is 7.73. The van der Waals surface area contributed by atoms with Gasteiger partial charge in [-0.15, -0.1) is 0 Å². The molecule has 32 heavy (non-hydrogen) atoms. The standard InChI is InChI=1S/C23H22F3N3O3/c1-32-21-10-9-19(29(30)31)14-17(21)15-28-13-3-12-27-11-2-4-20(27)22(28)16-5-7-18(8-6-16)23(24,25)26/h2,4-11,14,22H,3,12-13,15H2,1H3/t22-/m0/s1. The van der Waals surface area contributed by atoms with Crippen molar-refractivity contribution in [2.45, 2.75) is 31.7 Å². The number of ether oxygens (including phenoxy) is 1. The summed E-state index contributed by atoms with van der Waals surface area (Å²) in [6, 6.07) is 13.2. The van der Waals surface area contributed by atoms with E-state index < -0.39 is 16.7 Å². The van der Waals surface area contributed by atoms with E-state index in [0.29, 0.717) is 24.4 Å². The molecular weight excluding hydrogens is 423 g/mol. The first kappa shape index (κ1) is 21.9. The Morgan fingerprint density at radius 3 is 2.53 bits per heavy atom. The molecule has 0 unspecified atom stereocenters. The molecule has 0 radical (unpaired) electrons. The summed E-state index contributed by atoms with van der Waals surface area (Å²) in [6.45, 7) is 1.79. The molecule has 0 bridgehead atoms. The van der Waals surface area contributed by atoms with E-state index in [0.717, 1.165) is 36.4 Å². The number of nitro benzene ring substituents is 1. The predicted molar refractivity (Wildman–Crippen MR) is 112 cm³/mol. The van der Waals surface area contributed by atoms with Crippen molar-refractivity contribution < 1.29 is 22.8 Å². The molecule has 0 saturated carbocycles. The first-order valence-electron chi connectivity index (χ1n) is 10.2. The number of hydrogen-bond donors (Lipinski definition) is 0. The minimum Gasteiger partial charge on any atom is -0.496 e. The van der Waals surface area contributed by atoms with E-state index in [9.17, 15) is 23.3 Å². The molecule has 1 atom stereocenters. The van der Waals surface area contributed by atoms with Crippen molar-refractivity contribution in [2.75, 3.05) is 13.7 Å². The highest BCUT2D eigenvalue weighted by Crippen LogP contribution is 2.37. The van der Waals surface area contributed by atoms with Gasteiger partial charge in [-0.3, -0.25) is 15.0 Å². The van der Waals surface area contributed by atoms with Crippen LogP contribution in [0, 0.1) is 10.1 Å². The van der Waals surface area contributed by atoms with Crippen LogP contribution in [0.3, 0.4) is 0 Å². The number of rotatable bonds is 5. The molecule has 0 N–H and O–H groups in total. The molecule has 2 aromatic carbocycles. The number of nitro groups is 1. The van der Waals surface area contributed by atoms with Crippen LogP contribution < -0.4 is 4.74 Å². The monoisotopic (exact) mass is 445 g/mol. The summed E-state index contributed by atoms with van der Waals surface area (Å²) in [5.74, 6) is 0.529. The Morgan fingerprint density at radius 2 is 1.88 bits per heavy atom. The fraction of sp³-hybridized carbons (Fsp3) is 0.304. The van der Waals surface area contributed by atoms with Gasteiger partial charge in [0.2, 0.25) is 0 Å². The van der Waals surface area contributed by atoms with Crippen LogP contribution >= 0.6 is 0 Å². The summed E-state index contributed by atoms with van der Waals surface area (Å²) in [6.07, 6.45) is -1.61. The maximum Gasteiger partial charge on any atom is 0.416 e. The molecule has 0 amide bonds. The fourth-order valence-corrected chi connectivity index (χ4v) is 4.27. The molecule has 0 fully saturated rings. The molecule has 4 rings (SSSR count). The third kappa shape index (κ3) is 4.34. The third-order valence-corrected chi connectivity index (χ3v) is 5.76. The molecule has 6 nitrogen and oxygen atoms in total. The Labute approximate surface area is 183 Å². The van der Waals surface area contributed by atoms with Gasteiger partial charge in [-0.05, 0) is 42.3 Å². The summed E-state index contributed by atoms with van der Waals surface area (Å²) >= 11 is 0. The first-order chi connectivity index (χ1) is 15.3. The number of nitrogens with zero attached hydrogens (tertiary/aromatic N) is 3. The van der Waals surface area contributed by atoms with Gasteiger partial charge in [0.15, 0.2) is 0 Å². The summed E-state index contributed by atoms with van der Waals surface area (Å²) in [7, 11) is 1.51. The quantitative estimate of drug-likeness (QED) is 0.389. The number of halogens is 3. The van der Waals surface area contributed by atoms with E-state index in [4.69, 9.17) is 4.74 Å². The van der Waals surface area contributed by atoms with Crippen LogP contribution in [0.1, 0.15) is 34.8 Å². The lowest BCUT2D eigenvalue weighted by Gasteiger charge is -2.31. The van der Waals surface area contributed by atoms with Crippen molar-refractivity contribution in [1.29, 1.82) is 0 Å². The largest absolute Gasteiger partial charge is 0.496 e. The lowest BCUT2D eigenvalue weighted by atomic mass is 9.99. The van der Waals surface area contributed by atoms with E-state index in [1.54, 1.807) is 6.07 Å². The van der Waals surface area contributed by atoms with Crippen molar-refractivity contribution >= 4 is 5.69 Å². The summed E-state index contributed by atoms with van der Waals surface area (Å²) in [4.78, 5) is 13.0. The molecular formula is C23H22F3N3O3. The van der Waals surface area contributed by atoms with Crippen LogP contribution in [0.2, 0.25) is 0 Å². The Bertz CT molecular complexity index is 1110. The smallest absolute Gasteiger partial charge is 0.416 e. The van der Waals surface area contributed by atoms with Gasteiger partial charge >= 0.3 is 6.18 Å². The van der Waals surface area contributed by atoms with Gasteiger partial charge in [0.1, 0.15) is 5.75 Å². The van der Waals surface area contributed by atoms with Crippen molar-refractivity contribution in [1.82, 2.24) is 9.47 Å². The zero-order chi connectivity index (χ0) is 22.9. The van der Waals surface area contributed by atoms with Crippen molar-refractivity contribution in [3.05, 3.63) is 93.3 Å². The molecule has 0 spiro atoms. The number of hydrogen-bond acceptors (Lipinski definition) is 4. The number of methoxy groups -OCH3 is 1. The molecule has 168 valence electrons. The Balaban J connectivity index is 1.75. The zero-order valence-electron chi connectivity index (χ0n) is 17.4. The maximum atomic E-state index is 13.1. The van der Waals surface area contributed by atoms with E-state index in [1.165, 1.54) is 31.4 Å². The van der Waals surface area contributed by atoms with E-state index in [-0.39, 0.29) is 11.7 Å². The fourth-order valence-electron chi connectivity index (χ4n) is 4.27. The first-order valence-corrected chi connectivity index (χ1v) is 10.2. The minimum absolute atomic E-state index is 0.0370. The number of fused-ring (bicyclic) bond motifs is 1. The number of alkyl halides is 3.